The summed E-state index contributed by atoms with van der Waals surface area (Å²) in [5.74, 6) is -0.950. The Kier molecular flexibility index (Phi) is 5.71. The molecular formula is C20H21N3O4. The van der Waals surface area contributed by atoms with E-state index >= 15 is 0 Å². The van der Waals surface area contributed by atoms with Gasteiger partial charge in [0.05, 0.1) is 0 Å². The number of nitrogens with two attached hydrogens (primary N) is 1. The molecule has 3 N–H and O–H groups in total. The number of nitrogens with zero attached hydrogens (tertiary/aromatic N) is 1. The van der Waals surface area contributed by atoms with E-state index in [0.717, 1.165) is 16.7 Å². The van der Waals surface area contributed by atoms with Crippen molar-refractivity contribution in [2.24, 2.45) is 5.73 Å². The highest BCUT2D eigenvalue weighted by Crippen LogP contribution is 2.23. The lowest BCUT2D eigenvalue weighted by molar-refractivity contribution is -0.139. The molecule has 0 spiro atoms. The summed E-state index contributed by atoms with van der Waals surface area (Å²) < 4.78 is 5.08. The molecular weight excluding hydrogens is 346 g/mol. The lowest BCUT2D eigenvalue weighted by Crippen LogP contribution is -2.53. The monoisotopic (exact) mass is 367 g/mol. The quantitative estimate of drug-likeness (QED) is 0.833. The Morgan fingerprint density at radius 1 is 1.04 bits per heavy atom. The number of alkyl carbamates (subject to hydrolysis) is 1. The molecule has 2 aromatic rings. The van der Waals surface area contributed by atoms with Crippen LogP contribution in [0.3, 0.4) is 0 Å². The Morgan fingerprint density at radius 3 is 2.41 bits per heavy atom. The van der Waals surface area contributed by atoms with E-state index in [1.807, 2.05) is 54.6 Å². The summed E-state index contributed by atoms with van der Waals surface area (Å²) >= 11 is 0. The first-order chi connectivity index (χ1) is 13.0. The third kappa shape index (κ3) is 4.63. The Bertz CT molecular complexity index is 838. The molecule has 7 heteroatoms. The normalized spacial score (nSPS) is 15.6. The number of rotatable bonds is 5. The van der Waals surface area contributed by atoms with Crippen LogP contribution < -0.4 is 11.1 Å². The lowest BCUT2D eigenvalue weighted by Gasteiger charge is -2.35. The van der Waals surface area contributed by atoms with Gasteiger partial charge >= 0.3 is 6.09 Å². The number of nitrogens with one attached hydrogen (secondary N) is 1. The third-order valence-electron chi connectivity index (χ3n) is 4.49. The molecule has 7 nitrogen and oxygen atoms in total. The van der Waals surface area contributed by atoms with Crippen LogP contribution in [0.15, 0.2) is 54.6 Å². The molecule has 1 heterocycles. The minimum absolute atomic E-state index is 0.113. The molecule has 0 fully saturated rings. The summed E-state index contributed by atoms with van der Waals surface area (Å²) in [4.78, 5) is 37.6. The zero-order valence-electron chi connectivity index (χ0n) is 14.8. The highest BCUT2D eigenvalue weighted by atomic mass is 16.5. The molecule has 0 saturated heterocycles. The molecule has 0 aromatic heterocycles. The Morgan fingerprint density at radius 2 is 1.70 bits per heavy atom. The summed E-state index contributed by atoms with van der Waals surface area (Å²) in [5.41, 5.74) is 8.29. The molecule has 1 aliphatic rings. The topological polar surface area (TPSA) is 102 Å². The van der Waals surface area contributed by atoms with E-state index in [4.69, 9.17) is 10.5 Å². The van der Waals surface area contributed by atoms with E-state index in [0.29, 0.717) is 6.42 Å². The van der Waals surface area contributed by atoms with E-state index < -0.39 is 18.0 Å². The summed E-state index contributed by atoms with van der Waals surface area (Å²) in [6.07, 6.45) is -0.323. The molecule has 0 aliphatic carbocycles. The number of fused-ring (bicyclic) bond motifs is 1. The second-order valence-corrected chi connectivity index (χ2v) is 6.33. The van der Waals surface area contributed by atoms with E-state index in [2.05, 4.69) is 5.32 Å². The van der Waals surface area contributed by atoms with Gasteiger partial charge in [0, 0.05) is 13.0 Å². The number of amides is 3. The minimum atomic E-state index is -0.727. The van der Waals surface area contributed by atoms with Crippen LogP contribution >= 0.6 is 0 Å². The zero-order valence-corrected chi connectivity index (χ0v) is 14.8. The van der Waals surface area contributed by atoms with Gasteiger partial charge < -0.3 is 20.7 Å². The SMILES string of the molecule is NC(=O)[C@@H]1Cc2ccccc2CN1C(=O)CNC(=O)OCc1ccccc1. The molecule has 3 rings (SSSR count). The van der Waals surface area contributed by atoms with E-state index in [1.54, 1.807) is 0 Å². The van der Waals surface area contributed by atoms with Crippen molar-refractivity contribution < 1.29 is 19.1 Å². The first-order valence-electron chi connectivity index (χ1n) is 8.64. The maximum atomic E-state index is 12.5. The van der Waals surface area contributed by atoms with Crippen molar-refractivity contribution in [1.29, 1.82) is 0 Å². The van der Waals surface area contributed by atoms with Crippen LogP contribution in [-0.4, -0.2) is 35.4 Å². The van der Waals surface area contributed by atoms with Gasteiger partial charge in [-0.25, -0.2) is 4.79 Å². The average molecular weight is 367 g/mol. The fourth-order valence-electron chi connectivity index (χ4n) is 3.06. The van der Waals surface area contributed by atoms with Crippen molar-refractivity contribution in [1.82, 2.24) is 10.2 Å². The van der Waals surface area contributed by atoms with Crippen molar-refractivity contribution in [3.05, 3.63) is 71.3 Å². The number of carbonyl (C=O) groups is 3. The van der Waals surface area contributed by atoms with Crippen LogP contribution in [-0.2, 0) is 33.9 Å². The second kappa shape index (κ2) is 8.35. The van der Waals surface area contributed by atoms with Crippen LogP contribution in [0.25, 0.3) is 0 Å². The van der Waals surface area contributed by atoms with Crippen LogP contribution in [0.5, 0.6) is 0 Å². The van der Waals surface area contributed by atoms with Gasteiger partial charge in [0.25, 0.3) is 0 Å². The third-order valence-corrected chi connectivity index (χ3v) is 4.49. The number of carbonyl (C=O) groups excluding carboxylic acids is 3. The van der Waals surface area contributed by atoms with Gasteiger partial charge in [-0.2, -0.15) is 0 Å². The molecule has 0 unspecified atom stereocenters. The van der Waals surface area contributed by atoms with Crippen molar-refractivity contribution in [2.75, 3.05) is 6.54 Å². The van der Waals surface area contributed by atoms with Crippen molar-refractivity contribution >= 4 is 17.9 Å². The Balaban J connectivity index is 1.56. The average Bonchev–Trinajstić information content (AvgIpc) is 2.70. The van der Waals surface area contributed by atoms with Gasteiger partial charge in [-0.15, -0.1) is 0 Å². The van der Waals surface area contributed by atoms with Crippen LogP contribution in [0, 0.1) is 0 Å². The largest absolute Gasteiger partial charge is 0.445 e. The molecule has 2 aromatic carbocycles. The van der Waals surface area contributed by atoms with Gasteiger partial charge in [-0.1, -0.05) is 54.6 Å². The fourth-order valence-corrected chi connectivity index (χ4v) is 3.06. The van der Waals surface area contributed by atoms with Crippen molar-refractivity contribution in [3.63, 3.8) is 0 Å². The molecule has 1 atom stereocenters. The van der Waals surface area contributed by atoms with Gasteiger partial charge in [0.2, 0.25) is 11.8 Å². The minimum Gasteiger partial charge on any atom is -0.445 e. The van der Waals surface area contributed by atoms with E-state index in [1.165, 1.54) is 4.90 Å². The lowest BCUT2D eigenvalue weighted by atomic mass is 9.93. The van der Waals surface area contributed by atoms with Crippen LogP contribution in [0.2, 0.25) is 0 Å². The molecule has 27 heavy (non-hydrogen) atoms. The maximum absolute atomic E-state index is 12.5. The molecule has 0 bridgehead atoms. The van der Waals surface area contributed by atoms with Gasteiger partial charge in [-0.3, -0.25) is 9.59 Å². The molecule has 3 amide bonds. The first kappa shape index (κ1) is 18.4. The number of hydrogen-bond donors (Lipinski definition) is 2. The number of primary amides is 1. The molecule has 0 radical (unpaired) electrons. The van der Waals surface area contributed by atoms with Gasteiger partial charge in [0.1, 0.15) is 19.2 Å². The van der Waals surface area contributed by atoms with Crippen molar-refractivity contribution in [3.8, 4) is 0 Å². The summed E-state index contributed by atoms with van der Waals surface area (Å²) in [5, 5.41) is 2.43. The van der Waals surface area contributed by atoms with E-state index in [-0.39, 0.29) is 25.6 Å². The number of hydrogen-bond acceptors (Lipinski definition) is 4. The van der Waals surface area contributed by atoms with Gasteiger partial charge in [0.15, 0.2) is 0 Å². The second-order valence-electron chi connectivity index (χ2n) is 6.33. The highest BCUT2D eigenvalue weighted by Gasteiger charge is 2.33. The van der Waals surface area contributed by atoms with Crippen LogP contribution in [0.4, 0.5) is 4.79 Å². The van der Waals surface area contributed by atoms with Gasteiger partial charge in [-0.05, 0) is 16.7 Å². The smallest absolute Gasteiger partial charge is 0.407 e. The fraction of sp³-hybridized carbons (Fsp3) is 0.250. The summed E-state index contributed by atoms with van der Waals surface area (Å²) in [6, 6.07) is 16.1. The predicted molar refractivity (Wildman–Crippen MR) is 98.3 cm³/mol. The zero-order chi connectivity index (χ0) is 19.2. The number of benzene rings is 2. The number of ether oxygens (including phenoxy) is 1. The van der Waals surface area contributed by atoms with E-state index in [9.17, 15) is 14.4 Å². The molecule has 140 valence electrons. The Labute approximate surface area is 157 Å². The standard InChI is InChI=1S/C20H21N3O4/c21-19(25)17-10-15-8-4-5-9-16(15)12-23(17)18(24)11-22-20(26)27-13-14-6-2-1-3-7-14/h1-9,17H,10-13H2,(H2,21,25)(H,22,26)/t17-/m0/s1. The summed E-state index contributed by atoms with van der Waals surface area (Å²) in [6.45, 7) is 0.130. The summed E-state index contributed by atoms with van der Waals surface area (Å²) in [7, 11) is 0. The predicted octanol–water partition coefficient (Wildman–Crippen LogP) is 1.35. The molecule has 1 aliphatic heterocycles. The maximum Gasteiger partial charge on any atom is 0.407 e. The first-order valence-corrected chi connectivity index (χ1v) is 8.64. The highest BCUT2D eigenvalue weighted by molar-refractivity contribution is 5.89. The Hall–Kier alpha value is -3.35. The van der Waals surface area contributed by atoms with Crippen molar-refractivity contribution in [2.45, 2.75) is 25.6 Å². The molecule has 0 saturated carbocycles. The van der Waals surface area contributed by atoms with Crippen LogP contribution in [0.1, 0.15) is 16.7 Å².